The molecule has 0 bridgehead atoms. The Balaban J connectivity index is 2.35. The highest BCUT2D eigenvalue weighted by Gasteiger charge is 2.27. The van der Waals surface area contributed by atoms with Crippen molar-refractivity contribution in [2.75, 3.05) is 12.4 Å². The van der Waals surface area contributed by atoms with E-state index in [1.165, 1.54) is 0 Å². The molecule has 0 aliphatic heterocycles. The van der Waals surface area contributed by atoms with Gasteiger partial charge in [0, 0.05) is 6.04 Å². The van der Waals surface area contributed by atoms with Crippen LogP contribution in [0.1, 0.15) is 27.7 Å². The molecule has 1 N–H and O–H groups in total. The number of ether oxygens (including phenoxy) is 1. The van der Waals surface area contributed by atoms with Gasteiger partial charge in [-0.3, -0.25) is 9.59 Å². The van der Waals surface area contributed by atoms with E-state index < -0.39 is 10.9 Å². The Kier molecular flexibility index (Phi) is 3.90. The number of hydrogen-bond donors (Lipinski definition) is 1. The van der Waals surface area contributed by atoms with Gasteiger partial charge in [-0.2, -0.15) is 0 Å². The third-order valence-electron chi connectivity index (χ3n) is 3.95. The van der Waals surface area contributed by atoms with Gasteiger partial charge in [0.1, 0.15) is 5.75 Å². The second kappa shape index (κ2) is 5.35. The van der Waals surface area contributed by atoms with Crippen LogP contribution in [0.4, 0.5) is 5.69 Å². The van der Waals surface area contributed by atoms with Crippen molar-refractivity contribution in [2.24, 2.45) is 5.41 Å². The molecule has 0 radical (unpaired) electrons. The average molecular weight is 287 g/mol. The molecule has 21 heavy (non-hydrogen) atoms. The Hall–Kier alpha value is -2.10. The van der Waals surface area contributed by atoms with E-state index in [0.717, 1.165) is 11.3 Å². The van der Waals surface area contributed by atoms with Crippen molar-refractivity contribution in [3.05, 3.63) is 44.7 Å². The summed E-state index contributed by atoms with van der Waals surface area (Å²) in [7, 11) is 1.59. The molecule has 0 amide bonds. The second-order valence-electron chi connectivity index (χ2n) is 6.37. The summed E-state index contributed by atoms with van der Waals surface area (Å²) in [5, 5.41) is 3.19. The van der Waals surface area contributed by atoms with Crippen molar-refractivity contribution in [1.29, 1.82) is 0 Å². The number of hydrogen-bond acceptors (Lipinski definition) is 4. The first-order chi connectivity index (χ1) is 9.75. The lowest BCUT2D eigenvalue weighted by molar-refractivity contribution is 0.359. The molecule has 0 saturated carbocycles. The van der Waals surface area contributed by atoms with Crippen LogP contribution < -0.4 is 20.9 Å². The van der Waals surface area contributed by atoms with E-state index in [1.807, 2.05) is 6.92 Å². The van der Waals surface area contributed by atoms with Crippen molar-refractivity contribution in [2.45, 2.75) is 33.7 Å². The van der Waals surface area contributed by atoms with E-state index in [4.69, 9.17) is 4.74 Å². The van der Waals surface area contributed by atoms with Crippen molar-refractivity contribution < 1.29 is 4.74 Å². The van der Waals surface area contributed by atoms with Gasteiger partial charge in [0.15, 0.2) is 0 Å². The fourth-order valence-electron chi connectivity index (χ4n) is 2.00. The highest BCUT2D eigenvalue weighted by Crippen LogP contribution is 2.29. The first kappa shape index (κ1) is 15.3. The third kappa shape index (κ3) is 2.84. The molecule has 1 unspecified atom stereocenters. The zero-order valence-electron chi connectivity index (χ0n) is 13.1. The van der Waals surface area contributed by atoms with Crippen molar-refractivity contribution in [3.8, 4) is 16.9 Å². The molecule has 1 atom stereocenters. The summed E-state index contributed by atoms with van der Waals surface area (Å²) in [4.78, 5) is 23.7. The smallest absolute Gasteiger partial charge is 0.250 e. The molecule has 0 heterocycles. The first-order valence-corrected chi connectivity index (χ1v) is 7.00. The molecule has 2 aromatic carbocycles. The quantitative estimate of drug-likeness (QED) is 0.879. The normalized spacial score (nSPS) is 13.2. The topological polar surface area (TPSA) is 55.4 Å². The first-order valence-electron chi connectivity index (χ1n) is 7.00. The highest BCUT2D eigenvalue weighted by atomic mass is 16.5. The Morgan fingerprint density at radius 1 is 1.05 bits per heavy atom. The van der Waals surface area contributed by atoms with Crippen LogP contribution in [-0.2, 0) is 0 Å². The fraction of sp³-hybridized carbons (Fsp3) is 0.412. The molecule has 4 heteroatoms. The molecule has 0 aromatic heterocycles. The van der Waals surface area contributed by atoms with Crippen LogP contribution >= 0.6 is 0 Å². The summed E-state index contributed by atoms with van der Waals surface area (Å²) in [5.74, 6) is 0.718. The van der Waals surface area contributed by atoms with Crippen molar-refractivity contribution >= 4 is 5.69 Å². The molecule has 0 spiro atoms. The monoisotopic (exact) mass is 287 g/mol. The predicted molar refractivity (Wildman–Crippen MR) is 85.9 cm³/mol. The predicted octanol–water partition coefficient (Wildman–Crippen LogP) is 2.80. The van der Waals surface area contributed by atoms with Crippen LogP contribution in [0.25, 0.3) is 11.1 Å². The zero-order valence-corrected chi connectivity index (χ0v) is 13.1. The average Bonchev–Trinajstić information content (AvgIpc) is 2.45. The van der Waals surface area contributed by atoms with Gasteiger partial charge in [-0.25, -0.2) is 0 Å². The van der Waals surface area contributed by atoms with Gasteiger partial charge >= 0.3 is 0 Å². The van der Waals surface area contributed by atoms with Gasteiger partial charge in [0.2, 0.25) is 10.9 Å². The van der Waals surface area contributed by atoms with Crippen LogP contribution in [0.2, 0.25) is 0 Å². The molecule has 0 fully saturated rings. The van der Waals surface area contributed by atoms with Crippen LogP contribution in [0.5, 0.6) is 5.75 Å². The van der Waals surface area contributed by atoms with Crippen LogP contribution in [-0.4, -0.2) is 13.2 Å². The number of methoxy groups -OCH3 is 1. The largest absolute Gasteiger partial charge is 0.497 e. The lowest BCUT2D eigenvalue weighted by atomic mass is 9.87. The van der Waals surface area contributed by atoms with E-state index in [2.05, 4.69) is 26.1 Å². The van der Waals surface area contributed by atoms with Gasteiger partial charge in [-0.1, -0.05) is 32.9 Å². The maximum atomic E-state index is 11.9. The van der Waals surface area contributed by atoms with Crippen LogP contribution in [0, 0.1) is 5.41 Å². The van der Waals surface area contributed by atoms with E-state index in [9.17, 15) is 9.59 Å². The van der Waals surface area contributed by atoms with E-state index in [1.54, 1.807) is 31.4 Å². The standard InChI is InChI=1S/C17H21NO3/c1-10(17(2,3)4)18-14-13(15(19)16(14)20)11-6-8-12(21-5)9-7-11/h6-10,18H,1-5H3. The number of benzene rings is 1. The number of anilines is 1. The van der Waals surface area contributed by atoms with Gasteiger partial charge in [-0.05, 0) is 30.0 Å². The maximum Gasteiger partial charge on any atom is 0.250 e. The lowest BCUT2D eigenvalue weighted by Gasteiger charge is -2.30. The molecule has 2 aromatic rings. The highest BCUT2D eigenvalue weighted by molar-refractivity contribution is 5.82. The van der Waals surface area contributed by atoms with Crippen molar-refractivity contribution in [3.63, 3.8) is 0 Å². The summed E-state index contributed by atoms with van der Waals surface area (Å²) in [6, 6.07) is 7.23. The molecular formula is C17H21NO3. The summed E-state index contributed by atoms with van der Waals surface area (Å²) in [6.07, 6.45) is 0. The summed E-state index contributed by atoms with van der Waals surface area (Å²) in [5.41, 5.74) is 0.771. The van der Waals surface area contributed by atoms with Gasteiger partial charge in [0.05, 0.1) is 18.4 Å². The lowest BCUT2D eigenvalue weighted by Crippen LogP contribution is -2.41. The van der Waals surface area contributed by atoms with Crippen molar-refractivity contribution in [1.82, 2.24) is 0 Å². The van der Waals surface area contributed by atoms with E-state index >= 15 is 0 Å². The van der Waals surface area contributed by atoms with Gasteiger partial charge in [0.25, 0.3) is 0 Å². The summed E-state index contributed by atoms with van der Waals surface area (Å²) >= 11 is 0. The molecule has 2 rings (SSSR count). The molecule has 0 aliphatic rings. The van der Waals surface area contributed by atoms with Crippen LogP contribution in [0.15, 0.2) is 33.9 Å². The third-order valence-corrected chi connectivity index (χ3v) is 3.95. The minimum atomic E-state index is -0.433. The Morgan fingerprint density at radius 2 is 1.62 bits per heavy atom. The van der Waals surface area contributed by atoms with Crippen LogP contribution in [0.3, 0.4) is 0 Å². The van der Waals surface area contributed by atoms with E-state index in [0.29, 0.717) is 11.3 Å². The molecule has 4 nitrogen and oxygen atoms in total. The Morgan fingerprint density at radius 3 is 2.10 bits per heavy atom. The molecule has 0 aliphatic carbocycles. The van der Waals surface area contributed by atoms with Gasteiger partial charge in [-0.15, -0.1) is 0 Å². The summed E-state index contributed by atoms with van der Waals surface area (Å²) in [6.45, 7) is 8.27. The van der Waals surface area contributed by atoms with Gasteiger partial charge < -0.3 is 10.1 Å². The second-order valence-corrected chi connectivity index (χ2v) is 6.37. The molecular weight excluding hydrogens is 266 g/mol. The number of nitrogens with one attached hydrogen (secondary N) is 1. The Bertz CT molecular complexity index is 701. The number of rotatable bonds is 4. The van der Waals surface area contributed by atoms with E-state index in [-0.39, 0.29) is 11.5 Å². The minimum absolute atomic E-state index is 0.00304. The fourth-order valence-corrected chi connectivity index (χ4v) is 2.00. The maximum absolute atomic E-state index is 11.9. The summed E-state index contributed by atoms with van der Waals surface area (Å²) < 4.78 is 5.10. The SMILES string of the molecule is COc1ccc(-c2c(NC(C)C(C)(C)C)c(=O)c2=O)cc1. The molecule has 0 saturated heterocycles. The minimum Gasteiger partial charge on any atom is -0.497 e. The molecule has 112 valence electrons. The zero-order chi connectivity index (χ0) is 15.8. The Labute approximate surface area is 124 Å².